The number of aromatic nitrogens is 1. The number of nitrogens with zero attached hydrogens (tertiary/aromatic N) is 3. The second-order valence-corrected chi connectivity index (χ2v) is 9.31. The summed E-state index contributed by atoms with van der Waals surface area (Å²) >= 11 is 0. The van der Waals surface area contributed by atoms with Crippen molar-refractivity contribution in [3.8, 4) is 0 Å². The number of carbonyl (C=O) groups is 3. The van der Waals surface area contributed by atoms with Crippen molar-refractivity contribution in [3.05, 3.63) is 69.1 Å². The summed E-state index contributed by atoms with van der Waals surface area (Å²) in [5.41, 5.74) is 1.58. The summed E-state index contributed by atoms with van der Waals surface area (Å²) in [5.74, 6) is -0.744. The minimum absolute atomic E-state index is 0.0229. The fourth-order valence-corrected chi connectivity index (χ4v) is 4.81. The van der Waals surface area contributed by atoms with Crippen molar-refractivity contribution in [2.24, 2.45) is 0 Å². The van der Waals surface area contributed by atoms with Crippen molar-refractivity contribution in [1.29, 1.82) is 0 Å². The number of rotatable bonds is 6. The van der Waals surface area contributed by atoms with E-state index >= 15 is 0 Å². The molecule has 3 aliphatic rings. The maximum absolute atomic E-state index is 13.2. The van der Waals surface area contributed by atoms with Crippen LogP contribution in [0.3, 0.4) is 0 Å². The van der Waals surface area contributed by atoms with Gasteiger partial charge in [-0.05, 0) is 37.5 Å². The highest BCUT2D eigenvalue weighted by Gasteiger charge is 2.52. The van der Waals surface area contributed by atoms with E-state index in [9.17, 15) is 19.2 Å². The van der Waals surface area contributed by atoms with Gasteiger partial charge in [-0.25, -0.2) is 0 Å². The lowest BCUT2D eigenvalue weighted by atomic mass is 10.1. The lowest BCUT2D eigenvalue weighted by molar-refractivity contribution is -0.147. The molecule has 9 heteroatoms. The predicted molar refractivity (Wildman–Crippen MR) is 123 cm³/mol. The number of ether oxygens (including phenoxy) is 1. The van der Waals surface area contributed by atoms with Crippen LogP contribution in [0.1, 0.15) is 44.8 Å². The van der Waals surface area contributed by atoms with Gasteiger partial charge in [-0.3, -0.25) is 19.2 Å². The molecule has 1 aliphatic carbocycles. The van der Waals surface area contributed by atoms with Crippen molar-refractivity contribution in [2.75, 3.05) is 32.8 Å². The molecule has 178 valence electrons. The summed E-state index contributed by atoms with van der Waals surface area (Å²) in [6, 6.07) is 10.8. The third kappa shape index (κ3) is 4.11. The summed E-state index contributed by atoms with van der Waals surface area (Å²) in [6.07, 6.45) is 1.71. The van der Waals surface area contributed by atoms with E-state index in [-0.39, 0.29) is 35.2 Å². The number of hydrogen-bond acceptors (Lipinski definition) is 5. The van der Waals surface area contributed by atoms with Gasteiger partial charge >= 0.3 is 0 Å². The van der Waals surface area contributed by atoms with Crippen LogP contribution in [0.4, 0.5) is 0 Å². The van der Waals surface area contributed by atoms with Crippen LogP contribution in [0.25, 0.3) is 0 Å². The van der Waals surface area contributed by atoms with Crippen LogP contribution in [0, 0.1) is 6.92 Å². The first-order valence-corrected chi connectivity index (χ1v) is 11.6. The Hall–Kier alpha value is -3.46. The van der Waals surface area contributed by atoms with Gasteiger partial charge in [0, 0.05) is 32.7 Å². The normalized spacial score (nSPS) is 19.1. The first kappa shape index (κ1) is 22.3. The van der Waals surface area contributed by atoms with Gasteiger partial charge in [-0.2, -0.15) is 0 Å². The summed E-state index contributed by atoms with van der Waals surface area (Å²) < 4.78 is 6.63. The molecule has 0 radical (unpaired) electrons. The Kier molecular flexibility index (Phi) is 5.73. The van der Waals surface area contributed by atoms with Crippen LogP contribution in [-0.4, -0.2) is 70.5 Å². The molecule has 1 saturated heterocycles. The fraction of sp³-hybridized carbons (Fsp3) is 0.440. The average Bonchev–Trinajstić information content (AvgIpc) is 3.61. The van der Waals surface area contributed by atoms with Gasteiger partial charge in [0.25, 0.3) is 17.4 Å². The molecular weight excluding hydrogens is 436 g/mol. The smallest absolute Gasteiger partial charge is 0.270 e. The summed E-state index contributed by atoms with van der Waals surface area (Å²) in [7, 11) is 0. The molecular formula is C25H28N4O5. The van der Waals surface area contributed by atoms with Crippen molar-refractivity contribution in [1.82, 2.24) is 19.7 Å². The van der Waals surface area contributed by atoms with Crippen molar-refractivity contribution in [2.45, 2.75) is 38.4 Å². The maximum Gasteiger partial charge on any atom is 0.270 e. The van der Waals surface area contributed by atoms with Gasteiger partial charge in [0.05, 0.1) is 12.1 Å². The number of benzene rings is 1. The van der Waals surface area contributed by atoms with E-state index in [1.165, 1.54) is 10.6 Å². The highest BCUT2D eigenvalue weighted by molar-refractivity contribution is 5.97. The number of nitrogens with one attached hydrogen (secondary N) is 1. The Balaban J connectivity index is 1.28. The topological polar surface area (TPSA) is 101 Å². The molecule has 1 aromatic carbocycles. The fourth-order valence-electron chi connectivity index (χ4n) is 4.81. The van der Waals surface area contributed by atoms with E-state index in [2.05, 4.69) is 5.32 Å². The third-order valence-electron chi connectivity index (χ3n) is 6.96. The quantitative estimate of drug-likeness (QED) is 0.686. The average molecular weight is 465 g/mol. The molecule has 1 saturated carbocycles. The largest absolute Gasteiger partial charge is 0.370 e. The number of pyridine rings is 1. The lowest BCUT2D eigenvalue weighted by Gasteiger charge is -2.39. The minimum Gasteiger partial charge on any atom is -0.370 e. The van der Waals surface area contributed by atoms with Crippen molar-refractivity contribution in [3.63, 3.8) is 0 Å². The van der Waals surface area contributed by atoms with Gasteiger partial charge in [-0.1, -0.05) is 29.8 Å². The molecule has 1 N–H and O–H groups in total. The van der Waals surface area contributed by atoms with Gasteiger partial charge in [0.1, 0.15) is 17.9 Å². The standard InChI is InChI=1S/C25H28N4O5/c1-17-2-4-18(5-3-17)14-26-22(31)19-6-7-20-24(33)27(10-11-28(20)23(19)32)16-25(8-9-25)29-12-13-34-15-21(29)30/h2-7H,8-16H2,1H3,(H,26,31). The number of aryl methyl sites for hydroxylation is 1. The molecule has 0 bridgehead atoms. The highest BCUT2D eigenvalue weighted by Crippen LogP contribution is 2.43. The number of fused-ring (bicyclic) bond motifs is 1. The molecule has 34 heavy (non-hydrogen) atoms. The Labute approximate surface area is 197 Å². The molecule has 2 aromatic rings. The van der Waals surface area contributed by atoms with Gasteiger partial charge in [0.15, 0.2) is 0 Å². The van der Waals surface area contributed by atoms with Crippen molar-refractivity contribution >= 4 is 17.7 Å². The molecule has 5 rings (SSSR count). The van der Waals surface area contributed by atoms with Crippen LogP contribution in [0.15, 0.2) is 41.2 Å². The molecule has 0 unspecified atom stereocenters. The maximum atomic E-state index is 13.2. The molecule has 0 spiro atoms. The van der Waals surface area contributed by atoms with Crippen LogP contribution in [0.2, 0.25) is 0 Å². The zero-order chi connectivity index (χ0) is 23.9. The molecule has 1 aromatic heterocycles. The monoisotopic (exact) mass is 464 g/mol. The van der Waals surface area contributed by atoms with Crippen LogP contribution in [-0.2, 0) is 22.6 Å². The lowest BCUT2D eigenvalue weighted by Crippen LogP contribution is -2.56. The molecule has 3 heterocycles. The zero-order valence-corrected chi connectivity index (χ0v) is 19.2. The van der Waals surface area contributed by atoms with E-state index in [1.807, 2.05) is 36.1 Å². The molecule has 2 fully saturated rings. The second-order valence-electron chi connectivity index (χ2n) is 9.31. The van der Waals surface area contributed by atoms with Crippen molar-refractivity contribution < 1.29 is 19.1 Å². The van der Waals surface area contributed by atoms with E-state index in [0.717, 1.165) is 24.0 Å². The van der Waals surface area contributed by atoms with Crippen LogP contribution < -0.4 is 10.9 Å². The van der Waals surface area contributed by atoms with Gasteiger partial charge in [0.2, 0.25) is 5.91 Å². The van der Waals surface area contributed by atoms with Crippen LogP contribution in [0.5, 0.6) is 0 Å². The SMILES string of the molecule is Cc1ccc(CNC(=O)c2ccc3n(c2=O)CCN(CC2(N4CCOCC4=O)CC2)C3=O)cc1. The number of hydrogen-bond donors (Lipinski definition) is 1. The Bertz CT molecular complexity index is 1200. The second kappa shape index (κ2) is 8.72. The molecule has 9 nitrogen and oxygen atoms in total. The number of morpholine rings is 1. The van der Waals surface area contributed by atoms with Gasteiger partial charge < -0.3 is 24.4 Å². The van der Waals surface area contributed by atoms with E-state index < -0.39 is 11.5 Å². The third-order valence-corrected chi connectivity index (χ3v) is 6.96. The Morgan fingerprint density at radius 1 is 1.03 bits per heavy atom. The molecule has 2 aliphatic heterocycles. The van der Waals surface area contributed by atoms with E-state index in [0.29, 0.717) is 39.3 Å². The highest BCUT2D eigenvalue weighted by atomic mass is 16.5. The number of carbonyl (C=O) groups excluding carboxylic acids is 3. The number of amides is 3. The first-order valence-electron chi connectivity index (χ1n) is 11.6. The predicted octanol–water partition coefficient (Wildman–Crippen LogP) is 0.934. The van der Waals surface area contributed by atoms with E-state index in [1.54, 1.807) is 11.0 Å². The summed E-state index contributed by atoms with van der Waals surface area (Å²) in [6.45, 7) is 4.56. The molecule has 0 atom stereocenters. The van der Waals surface area contributed by atoms with E-state index in [4.69, 9.17) is 4.74 Å². The minimum atomic E-state index is -0.462. The summed E-state index contributed by atoms with van der Waals surface area (Å²) in [4.78, 5) is 54.8. The first-order chi connectivity index (χ1) is 16.4. The summed E-state index contributed by atoms with van der Waals surface area (Å²) in [5, 5.41) is 2.79. The van der Waals surface area contributed by atoms with Gasteiger partial charge in [-0.15, -0.1) is 0 Å². The zero-order valence-electron chi connectivity index (χ0n) is 19.2. The molecule has 3 amide bonds. The Morgan fingerprint density at radius 3 is 2.50 bits per heavy atom. The Morgan fingerprint density at radius 2 is 1.79 bits per heavy atom. The van der Waals surface area contributed by atoms with Crippen LogP contribution >= 0.6 is 0 Å².